The summed E-state index contributed by atoms with van der Waals surface area (Å²) in [5, 5.41) is 0.176. The molecule has 3 saturated carbocycles. The van der Waals surface area contributed by atoms with Crippen molar-refractivity contribution in [2.45, 2.75) is 104 Å². The molecule has 3 fully saturated rings. The predicted molar refractivity (Wildman–Crippen MR) is 97.2 cm³/mol. The van der Waals surface area contributed by atoms with E-state index < -0.39 is 8.32 Å². The lowest BCUT2D eigenvalue weighted by molar-refractivity contribution is -0.188. The molecule has 0 radical (unpaired) electrons. The minimum Gasteiger partial charge on any atom is -0.413 e. The summed E-state index contributed by atoms with van der Waals surface area (Å²) in [6.45, 7) is 19.9. The highest BCUT2D eigenvalue weighted by molar-refractivity contribution is 6.74. The Morgan fingerprint density at radius 1 is 1.13 bits per heavy atom. The number of rotatable bonds is 3. The van der Waals surface area contributed by atoms with E-state index in [1.807, 2.05) is 0 Å². The highest BCUT2D eigenvalue weighted by atomic mass is 28.4. The fourth-order valence-corrected chi connectivity index (χ4v) is 5.11. The molecule has 4 heteroatoms. The molecule has 0 aliphatic heterocycles. The van der Waals surface area contributed by atoms with Gasteiger partial charge in [0.2, 0.25) is 0 Å². The van der Waals surface area contributed by atoms with Crippen molar-refractivity contribution in [3.05, 3.63) is 0 Å². The van der Waals surface area contributed by atoms with Gasteiger partial charge in [-0.1, -0.05) is 27.7 Å². The van der Waals surface area contributed by atoms with Crippen molar-refractivity contribution in [2.75, 3.05) is 0 Å². The fourth-order valence-electron chi connectivity index (χ4n) is 3.75. The van der Waals surface area contributed by atoms with E-state index in [2.05, 4.69) is 61.6 Å². The van der Waals surface area contributed by atoms with E-state index in [-0.39, 0.29) is 34.2 Å². The lowest BCUT2D eigenvalue weighted by atomic mass is 9.58. The van der Waals surface area contributed by atoms with Crippen molar-refractivity contribution in [3.63, 3.8) is 0 Å². The largest absolute Gasteiger partial charge is 0.413 e. The molecule has 0 aromatic rings. The topological polar surface area (TPSA) is 35.5 Å². The Hall–Kier alpha value is -0.193. The molecule has 23 heavy (non-hydrogen) atoms. The lowest BCUT2D eigenvalue weighted by Crippen LogP contribution is -2.60. The van der Waals surface area contributed by atoms with Crippen LogP contribution >= 0.6 is 0 Å². The van der Waals surface area contributed by atoms with Gasteiger partial charge in [0.15, 0.2) is 8.32 Å². The van der Waals surface area contributed by atoms with Crippen LogP contribution in [-0.2, 0) is 14.0 Å². The summed E-state index contributed by atoms with van der Waals surface area (Å²) in [5.41, 5.74) is -0.240. The first-order valence-corrected chi connectivity index (χ1v) is 11.9. The Morgan fingerprint density at radius 2 is 1.70 bits per heavy atom. The minimum absolute atomic E-state index is 0.0262. The van der Waals surface area contributed by atoms with Gasteiger partial charge in [0.1, 0.15) is 5.78 Å². The van der Waals surface area contributed by atoms with Crippen LogP contribution in [0.5, 0.6) is 0 Å². The second-order valence-corrected chi connectivity index (χ2v) is 15.2. The molecular formula is C19H36O3Si. The molecule has 0 aromatic heterocycles. The van der Waals surface area contributed by atoms with E-state index in [1.54, 1.807) is 0 Å². The van der Waals surface area contributed by atoms with Gasteiger partial charge in [-0.2, -0.15) is 0 Å². The van der Waals surface area contributed by atoms with E-state index in [0.29, 0.717) is 12.2 Å². The Labute approximate surface area is 143 Å². The van der Waals surface area contributed by atoms with Crippen molar-refractivity contribution in [3.8, 4) is 0 Å². The molecule has 0 heterocycles. The quantitative estimate of drug-likeness (QED) is 0.682. The van der Waals surface area contributed by atoms with Gasteiger partial charge in [-0.05, 0) is 51.7 Å². The number of fused-ring (bicyclic) bond motifs is 3. The number of hydrogen-bond donors (Lipinski definition) is 0. The standard InChI is InChI=1S/C19H36O3Si/c1-17(2,3)21-16-10-13-14(20)11-19(16,7)12-15(13)22-23(8,9)18(4,5)6/h13,15-16H,10-12H2,1-9H3/t13-,15+,16-,19+/m0/s1. The second-order valence-electron chi connectivity index (χ2n) is 10.5. The molecule has 2 bridgehead atoms. The van der Waals surface area contributed by atoms with Crippen LogP contribution in [0.4, 0.5) is 0 Å². The summed E-state index contributed by atoms with van der Waals surface area (Å²) in [6.07, 6.45) is 2.68. The highest BCUT2D eigenvalue weighted by Crippen LogP contribution is 2.53. The number of Topliss-reactive ketones (excluding diaryl/α,β-unsaturated/α-hetero) is 1. The van der Waals surface area contributed by atoms with Crippen LogP contribution in [0.3, 0.4) is 0 Å². The minimum atomic E-state index is -1.85. The van der Waals surface area contributed by atoms with Gasteiger partial charge >= 0.3 is 0 Å². The number of ketones is 1. The third-order valence-corrected chi connectivity index (χ3v) is 10.6. The van der Waals surface area contributed by atoms with Crippen LogP contribution in [0, 0.1) is 11.3 Å². The molecule has 0 amide bonds. The molecule has 3 nitrogen and oxygen atoms in total. The fraction of sp³-hybridized carbons (Fsp3) is 0.947. The van der Waals surface area contributed by atoms with Crippen LogP contribution in [0.2, 0.25) is 18.1 Å². The highest BCUT2D eigenvalue weighted by Gasteiger charge is 2.56. The maximum absolute atomic E-state index is 12.6. The Balaban J connectivity index is 2.18. The first-order chi connectivity index (χ1) is 10.1. The van der Waals surface area contributed by atoms with Gasteiger partial charge in [-0.25, -0.2) is 0 Å². The van der Waals surface area contributed by atoms with Crippen molar-refractivity contribution in [1.29, 1.82) is 0 Å². The third-order valence-electron chi connectivity index (χ3n) is 6.10. The van der Waals surface area contributed by atoms with Crippen molar-refractivity contribution in [2.24, 2.45) is 11.3 Å². The number of hydrogen-bond acceptors (Lipinski definition) is 3. The zero-order chi connectivity index (χ0) is 17.8. The molecule has 134 valence electrons. The van der Waals surface area contributed by atoms with E-state index in [0.717, 1.165) is 12.8 Å². The molecule has 4 atom stereocenters. The summed E-state index contributed by atoms with van der Waals surface area (Å²) in [7, 11) is -1.85. The van der Waals surface area contributed by atoms with Crippen molar-refractivity contribution in [1.82, 2.24) is 0 Å². The van der Waals surface area contributed by atoms with Crippen LogP contribution in [0.25, 0.3) is 0 Å². The van der Waals surface area contributed by atoms with E-state index in [4.69, 9.17) is 9.16 Å². The van der Waals surface area contributed by atoms with Crippen LogP contribution in [0.1, 0.15) is 67.7 Å². The number of carbonyl (C=O) groups excluding carboxylic acids is 1. The van der Waals surface area contributed by atoms with Gasteiger partial charge < -0.3 is 9.16 Å². The molecule has 3 aliphatic rings. The molecular weight excluding hydrogens is 304 g/mol. The summed E-state index contributed by atoms with van der Waals surface area (Å²) in [5.74, 6) is 0.412. The monoisotopic (exact) mass is 340 g/mol. The van der Waals surface area contributed by atoms with Gasteiger partial charge in [0.05, 0.1) is 17.8 Å². The molecule has 0 aromatic carbocycles. The van der Waals surface area contributed by atoms with E-state index in [1.165, 1.54) is 0 Å². The van der Waals surface area contributed by atoms with Crippen molar-refractivity contribution >= 4 is 14.1 Å². The first-order valence-electron chi connectivity index (χ1n) is 9.03. The SMILES string of the molecule is CC(C)(C)O[C@H]1C[C@H]2C(=O)C[C@]1(C)C[C@H]2O[Si](C)(C)C(C)(C)C. The van der Waals surface area contributed by atoms with Gasteiger partial charge in [-0.3, -0.25) is 4.79 Å². The van der Waals surface area contributed by atoms with E-state index in [9.17, 15) is 4.79 Å². The van der Waals surface area contributed by atoms with Gasteiger partial charge in [0, 0.05) is 17.8 Å². The van der Waals surface area contributed by atoms with Gasteiger partial charge in [0.25, 0.3) is 0 Å². The van der Waals surface area contributed by atoms with Gasteiger partial charge in [-0.15, -0.1) is 0 Å². The van der Waals surface area contributed by atoms with Crippen LogP contribution in [-0.4, -0.2) is 31.9 Å². The van der Waals surface area contributed by atoms with Crippen LogP contribution in [0.15, 0.2) is 0 Å². The first kappa shape index (κ1) is 19.1. The maximum Gasteiger partial charge on any atom is 0.192 e. The summed E-state index contributed by atoms with van der Waals surface area (Å²) in [4.78, 5) is 12.6. The lowest BCUT2D eigenvalue weighted by Gasteiger charge is -2.55. The Morgan fingerprint density at radius 3 is 2.13 bits per heavy atom. The molecule has 0 N–H and O–H groups in total. The molecule has 3 rings (SSSR count). The Bertz CT molecular complexity index is 472. The maximum atomic E-state index is 12.6. The predicted octanol–water partition coefficient (Wildman–Crippen LogP) is 4.95. The zero-order valence-electron chi connectivity index (χ0n) is 16.6. The molecule has 0 unspecified atom stereocenters. The average Bonchev–Trinajstić information content (AvgIpc) is 2.26. The molecule has 0 saturated heterocycles. The summed E-state index contributed by atoms with van der Waals surface area (Å²) >= 11 is 0. The smallest absolute Gasteiger partial charge is 0.192 e. The summed E-state index contributed by atoms with van der Waals surface area (Å²) < 4.78 is 13.0. The molecule has 0 spiro atoms. The summed E-state index contributed by atoms with van der Waals surface area (Å²) in [6, 6.07) is 0. The zero-order valence-corrected chi connectivity index (χ0v) is 17.6. The number of carbonyl (C=O) groups is 1. The third kappa shape index (κ3) is 3.90. The van der Waals surface area contributed by atoms with E-state index >= 15 is 0 Å². The van der Waals surface area contributed by atoms with Crippen molar-refractivity contribution < 1.29 is 14.0 Å². The number of ether oxygens (including phenoxy) is 1. The normalized spacial score (nSPS) is 35.7. The Kier molecular flexibility index (Phi) is 4.72. The van der Waals surface area contributed by atoms with Crippen LogP contribution < -0.4 is 0 Å². The second kappa shape index (κ2) is 5.67. The average molecular weight is 341 g/mol. The molecule has 3 aliphatic carbocycles.